The molecule has 19 heavy (non-hydrogen) atoms. The second-order valence-corrected chi connectivity index (χ2v) is 5.71. The Balaban J connectivity index is 1.61. The van der Waals surface area contributed by atoms with Gasteiger partial charge in [-0.05, 0) is 32.6 Å². The number of anilines is 1. The van der Waals surface area contributed by atoms with Gasteiger partial charge in [0.1, 0.15) is 0 Å². The monoisotopic (exact) mass is 264 g/mol. The van der Waals surface area contributed by atoms with Crippen molar-refractivity contribution in [3.05, 3.63) is 5.89 Å². The molecule has 2 aliphatic rings. The maximum absolute atomic E-state index is 5.81. The lowest BCUT2D eigenvalue weighted by Crippen LogP contribution is -2.36. The van der Waals surface area contributed by atoms with Crippen LogP contribution in [0.2, 0.25) is 0 Å². The van der Waals surface area contributed by atoms with E-state index in [1.54, 1.807) is 0 Å². The SMILES string of the molecule is CCN(c1nnc(CNC2CC2)o1)C1CCCCC1. The predicted octanol–water partition coefficient (Wildman–Crippen LogP) is 2.48. The molecule has 3 rings (SSSR count). The number of hydrogen-bond acceptors (Lipinski definition) is 5. The van der Waals surface area contributed by atoms with Crippen LogP contribution in [0.4, 0.5) is 6.01 Å². The second-order valence-electron chi connectivity index (χ2n) is 5.71. The molecule has 0 atom stereocenters. The standard InChI is InChI=1S/C14H24N4O/c1-2-18(12-6-4-3-5-7-12)14-17-16-13(19-14)10-15-11-8-9-11/h11-12,15H,2-10H2,1H3. The molecule has 0 aliphatic heterocycles. The van der Waals surface area contributed by atoms with E-state index < -0.39 is 0 Å². The fraction of sp³-hybridized carbons (Fsp3) is 0.857. The zero-order chi connectivity index (χ0) is 13.1. The van der Waals surface area contributed by atoms with Crippen molar-refractivity contribution >= 4 is 6.01 Å². The van der Waals surface area contributed by atoms with Gasteiger partial charge in [0.15, 0.2) is 0 Å². The molecule has 0 spiro atoms. The molecular weight excluding hydrogens is 240 g/mol. The van der Waals surface area contributed by atoms with Crippen molar-refractivity contribution < 1.29 is 4.42 Å². The van der Waals surface area contributed by atoms with Crippen LogP contribution in [0.15, 0.2) is 4.42 Å². The van der Waals surface area contributed by atoms with Gasteiger partial charge in [-0.1, -0.05) is 24.4 Å². The number of nitrogens with one attached hydrogen (secondary N) is 1. The third-order valence-corrected chi connectivity index (χ3v) is 4.18. The number of nitrogens with zero attached hydrogens (tertiary/aromatic N) is 3. The maximum atomic E-state index is 5.81. The van der Waals surface area contributed by atoms with Gasteiger partial charge in [0.2, 0.25) is 5.89 Å². The molecule has 0 bridgehead atoms. The Morgan fingerprint density at radius 3 is 2.63 bits per heavy atom. The van der Waals surface area contributed by atoms with Crippen molar-refractivity contribution in [2.24, 2.45) is 0 Å². The fourth-order valence-electron chi connectivity index (χ4n) is 2.89. The van der Waals surface area contributed by atoms with Crippen molar-refractivity contribution in [1.82, 2.24) is 15.5 Å². The van der Waals surface area contributed by atoms with E-state index in [0.717, 1.165) is 12.4 Å². The molecule has 5 heteroatoms. The highest BCUT2D eigenvalue weighted by Gasteiger charge is 2.25. The predicted molar refractivity (Wildman–Crippen MR) is 74.1 cm³/mol. The molecule has 2 saturated carbocycles. The maximum Gasteiger partial charge on any atom is 0.318 e. The molecule has 106 valence electrons. The highest BCUT2D eigenvalue weighted by atomic mass is 16.4. The lowest BCUT2D eigenvalue weighted by Gasteiger charge is -2.31. The van der Waals surface area contributed by atoms with Crippen molar-refractivity contribution in [1.29, 1.82) is 0 Å². The van der Waals surface area contributed by atoms with E-state index >= 15 is 0 Å². The van der Waals surface area contributed by atoms with E-state index in [9.17, 15) is 0 Å². The summed E-state index contributed by atoms with van der Waals surface area (Å²) in [6.45, 7) is 3.82. The van der Waals surface area contributed by atoms with Gasteiger partial charge in [0.25, 0.3) is 0 Å². The van der Waals surface area contributed by atoms with Crippen LogP contribution < -0.4 is 10.2 Å². The number of aromatic nitrogens is 2. The van der Waals surface area contributed by atoms with E-state index in [-0.39, 0.29) is 0 Å². The summed E-state index contributed by atoms with van der Waals surface area (Å²) in [4.78, 5) is 2.28. The Kier molecular flexibility index (Phi) is 4.01. The van der Waals surface area contributed by atoms with Crippen LogP contribution in [0.3, 0.4) is 0 Å². The normalized spacial score (nSPS) is 20.7. The molecule has 2 fully saturated rings. The van der Waals surface area contributed by atoms with Gasteiger partial charge in [-0.3, -0.25) is 0 Å². The Labute approximate surface area is 114 Å². The van der Waals surface area contributed by atoms with Crippen LogP contribution in [0.25, 0.3) is 0 Å². The summed E-state index contributed by atoms with van der Waals surface area (Å²) in [6, 6.07) is 1.97. The van der Waals surface area contributed by atoms with Crippen LogP contribution in [-0.2, 0) is 6.54 Å². The minimum Gasteiger partial charge on any atom is -0.407 e. The van der Waals surface area contributed by atoms with Gasteiger partial charge in [-0.2, -0.15) is 0 Å². The second kappa shape index (κ2) is 5.90. The molecule has 0 radical (unpaired) electrons. The first-order valence-corrected chi connectivity index (χ1v) is 7.69. The summed E-state index contributed by atoms with van der Waals surface area (Å²) in [5.74, 6) is 0.719. The summed E-state index contributed by atoms with van der Waals surface area (Å²) < 4.78 is 5.81. The zero-order valence-corrected chi connectivity index (χ0v) is 11.8. The molecule has 0 unspecified atom stereocenters. The first-order valence-electron chi connectivity index (χ1n) is 7.69. The third kappa shape index (κ3) is 3.26. The van der Waals surface area contributed by atoms with Crippen molar-refractivity contribution in [2.75, 3.05) is 11.4 Å². The fourth-order valence-corrected chi connectivity index (χ4v) is 2.89. The van der Waals surface area contributed by atoms with Crippen LogP contribution in [0.5, 0.6) is 0 Å². The van der Waals surface area contributed by atoms with Gasteiger partial charge < -0.3 is 14.6 Å². The quantitative estimate of drug-likeness (QED) is 0.855. The lowest BCUT2D eigenvalue weighted by atomic mass is 9.94. The molecule has 2 aliphatic carbocycles. The first kappa shape index (κ1) is 12.9. The van der Waals surface area contributed by atoms with E-state index in [1.165, 1.54) is 44.9 Å². The molecule has 0 aromatic carbocycles. The number of rotatable bonds is 6. The van der Waals surface area contributed by atoms with Crippen LogP contribution in [0.1, 0.15) is 57.8 Å². The Hall–Kier alpha value is -1.10. The average molecular weight is 264 g/mol. The van der Waals surface area contributed by atoms with E-state index in [2.05, 4.69) is 27.3 Å². The van der Waals surface area contributed by atoms with Gasteiger partial charge >= 0.3 is 6.01 Å². The molecule has 1 heterocycles. The lowest BCUT2D eigenvalue weighted by molar-refractivity contribution is 0.386. The average Bonchev–Trinajstić information content (AvgIpc) is 3.17. The Morgan fingerprint density at radius 2 is 1.95 bits per heavy atom. The zero-order valence-electron chi connectivity index (χ0n) is 11.8. The summed E-state index contributed by atoms with van der Waals surface area (Å²) in [7, 11) is 0. The minimum atomic E-state index is 0.587. The molecule has 5 nitrogen and oxygen atoms in total. The molecule has 0 saturated heterocycles. The van der Waals surface area contributed by atoms with E-state index in [4.69, 9.17) is 4.42 Å². The largest absolute Gasteiger partial charge is 0.407 e. The Morgan fingerprint density at radius 1 is 1.16 bits per heavy atom. The summed E-state index contributed by atoms with van der Waals surface area (Å²) in [5.41, 5.74) is 0. The summed E-state index contributed by atoms with van der Waals surface area (Å²) in [6.07, 6.45) is 9.09. The van der Waals surface area contributed by atoms with Gasteiger partial charge in [-0.25, -0.2) is 0 Å². The molecule has 1 aromatic heterocycles. The summed E-state index contributed by atoms with van der Waals surface area (Å²) in [5, 5.41) is 11.8. The van der Waals surface area contributed by atoms with Gasteiger partial charge in [-0.15, -0.1) is 5.10 Å². The van der Waals surface area contributed by atoms with E-state index in [1.807, 2.05) is 0 Å². The van der Waals surface area contributed by atoms with Crippen LogP contribution in [-0.4, -0.2) is 28.8 Å². The van der Waals surface area contributed by atoms with Crippen molar-refractivity contribution in [3.63, 3.8) is 0 Å². The first-order chi connectivity index (χ1) is 9.36. The highest BCUT2D eigenvalue weighted by molar-refractivity contribution is 5.26. The Bertz CT molecular complexity index is 396. The molecular formula is C14H24N4O. The van der Waals surface area contributed by atoms with Crippen molar-refractivity contribution in [2.45, 2.75) is 70.5 Å². The van der Waals surface area contributed by atoms with E-state index in [0.29, 0.717) is 24.6 Å². The topological polar surface area (TPSA) is 54.2 Å². The molecule has 1 N–H and O–H groups in total. The summed E-state index contributed by atoms with van der Waals surface area (Å²) >= 11 is 0. The minimum absolute atomic E-state index is 0.587. The van der Waals surface area contributed by atoms with Crippen molar-refractivity contribution in [3.8, 4) is 0 Å². The smallest absolute Gasteiger partial charge is 0.318 e. The third-order valence-electron chi connectivity index (χ3n) is 4.18. The highest BCUT2D eigenvalue weighted by Crippen LogP contribution is 2.26. The van der Waals surface area contributed by atoms with Gasteiger partial charge in [0, 0.05) is 18.6 Å². The molecule has 0 amide bonds. The number of hydrogen-bond donors (Lipinski definition) is 1. The van der Waals surface area contributed by atoms with Gasteiger partial charge in [0.05, 0.1) is 6.54 Å². The van der Waals surface area contributed by atoms with Crippen LogP contribution >= 0.6 is 0 Å². The molecule has 1 aromatic rings. The van der Waals surface area contributed by atoms with Crippen LogP contribution in [0, 0.1) is 0 Å².